The molecule has 1 N–H and O–H groups in total. The van der Waals surface area contributed by atoms with E-state index in [4.69, 9.17) is 11.6 Å². The van der Waals surface area contributed by atoms with Crippen molar-refractivity contribution in [1.29, 1.82) is 0 Å². The number of hydrogen-bond acceptors (Lipinski definition) is 3. The van der Waals surface area contributed by atoms with Crippen molar-refractivity contribution in [2.75, 3.05) is 5.32 Å². The number of nitrogens with zero attached hydrogens (tertiary/aromatic N) is 1. The van der Waals surface area contributed by atoms with E-state index in [1.165, 1.54) is 13.1 Å². The Morgan fingerprint density at radius 2 is 2.19 bits per heavy atom. The third-order valence-electron chi connectivity index (χ3n) is 1.78. The van der Waals surface area contributed by atoms with Crippen molar-refractivity contribution in [3.63, 3.8) is 0 Å². The van der Waals surface area contributed by atoms with Crippen molar-refractivity contribution in [2.24, 2.45) is 0 Å². The van der Waals surface area contributed by atoms with Gasteiger partial charge in [-0.3, -0.25) is 4.79 Å². The Hall–Kier alpha value is -0.940. The molecule has 0 aliphatic carbocycles. The maximum atomic E-state index is 11.4. The second-order valence-electron chi connectivity index (χ2n) is 3.25. The number of carbonyl (C=O) groups excluding carboxylic acids is 2. The van der Waals surface area contributed by atoms with Gasteiger partial charge in [0.15, 0.2) is 0 Å². The maximum Gasteiger partial charge on any atom is 0.224 e. The van der Waals surface area contributed by atoms with E-state index in [2.05, 4.69) is 26.2 Å². The van der Waals surface area contributed by atoms with Crippen LogP contribution in [0.2, 0.25) is 5.15 Å². The Balaban J connectivity index is 2.56. The fourth-order valence-corrected chi connectivity index (χ4v) is 1.45. The van der Waals surface area contributed by atoms with Crippen LogP contribution in [0.3, 0.4) is 0 Å². The number of pyridine rings is 1. The number of nitrogens with one attached hydrogen (secondary N) is 1. The van der Waals surface area contributed by atoms with Gasteiger partial charge >= 0.3 is 0 Å². The summed E-state index contributed by atoms with van der Waals surface area (Å²) in [4.78, 5) is 25.9. The van der Waals surface area contributed by atoms with Crippen LogP contribution in [-0.2, 0) is 9.59 Å². The molecule has 0 saturated carbocycles. The van der Waals surface area contributed by atoms with Crippen molar-refractivity contribution >= 4 is 44.9 Å². The Morgan fingerprint density at radius 1 is 1.50 bits per heavy atom. The molecule has 0 radical (unpaired) electrons. The molecule has 0 aromatic carbocycles. The molecule has 1 heterocycles. The molecule has 0 aliphatic rings. The third-order valence-corrected chi connectivity index (χ3v) is 2.92. The lowest BCUT2D eigenvalue weighted by Crippen LogP contribution is -2.12. The number of amides is 1. The first-order valence-corrected chi connectivity index (χ1v) is 5.76. The summed E-state index contributed by atoms with van der Waals surface area (Å²) in [6.07, 6.45) is 1.88. The largest absolute Gasteiger partial charge is 0.325 e. The Morgan fingerprint density at radius 3 is 2.75 bits per heavy atom. The average Bonchev–Trinajstić information content (AvgIpc) is 2.21. The van der Waals surface area contributed by atoms with Gasteiger partial charge in [0.2, 0.25) is 5.91 Å². The summed E-state index contributed by atoms with van der Waals surface area (Å²) in [6, 6.07) is 1.65. The molecule has 1 aromatic heterocycles. The lowest BCUT2D eigenvalue weighted by atomic mass is 10.2. The van der Waals surface area contributed by atoms with Gasteiger partial charge in [-0.2, -0.15) is 0 Å². The molecule has 0 bridgehead atoms. The van der Waals surface area contributed by atoms with Gasteiger partial charge in [-0.05, 0) is 28.9 Å². The van der Waals surface area contributed by atoms with Gasteiger partial charge in [0, 0.05) is 12.8 Å². The van der Waals surface area contributed by atoms with Crippen LogP contribution < -0.4 is 5.32 Å². The van der Waals surface area contributed by atoms with E-state index in [9.17, 15) is 9.59 Å². The molecule has 0 unspecified atom stereocenters. The number of ketones is 1. The number of carbonyl (C=O) groups is 2. The number of Topliss-reactive ketones (excluding diaryl/α,β-unsaturated/α-hetero) is 1. The van der Waals surface area contributed by atoms with E-state index in [1.807, 2.05) is 0 Å². The zero-order valence-corrected chi connectivity index (χ0v) is 10.9. The summed E-state index contributed by atoms with van der Waals surface area (Å²) in [6.45, 7) is 1.45. The SMILES string of the molecule is CC(=O)CCC(=O)Nc1cnc(Cl)c(Br)c1. The molecule has 0 aliphatic heterocycles. The van der Waals surface area contributed by atoms with Crippen LogP contribution in [0.1, 0.15) is 19.8 Å². The molecule has 0 fully saturated rings. The third kappa shape index (κ3) is 4.28. The van der Waals surface area contributed by atoms with Crippen LogP contribution in [0.25, 0.3) is 0 Å². The van der Waals surface area contributed by atoms with Gasteiger partial charge in [0.1, 0.15) is 10.9 Å². The van der Waals surface area contributed by atoms with Crippen LogP contribution in [0.4, 0.5) is 5.69 Å². The lowest BCUT2D eigenvalue weighted by molar-refractivity contribution is -0.121. The van der Waals surface area contributed by atoms with Crippen LogP contribution in [0.15, 0.2) is 16.7 Å². The van der Waals surface area contributed by atoms with Gasteiger partial charge in [0.25, 0.3) is 0 Å². The molecule has 0 atom stereocenters. The normalized spacial score (nSPS) is 9.94. The standard InChI is InChI=1S/C10H10BrClN2O2/c1-6(15)2-3-9(16)14-7-4-8(11)10(12)13-5-7/h4-5H,2-3H2,1H3,(H,14,16). The molecule has 1 rings (SSSR count). The number of anilines is 1. The highest BCUT2D eigenvalue weighted by atomic mass is 79.9. The monoisotopic (exact) mass is 304 g/mol. The summed E-state index contributed by atoms with van der Waals surface area (Å²) in [5, 5.41) is 2.96. The second-order valence-corrected chi connectivity index (χ2v) is 4.46. The molecule has 4 nitrogen and oxygen atoms in total. The molecule has 1 aromatic rings. The lowest BCUT2D eigenvalue weighted by Gasteiger charge is -2.04. The van der Waals surface area contributed by atoms with E-state index < -0.39 is 0 Å². The van der Waals surface area contributed by atoms with E-state index >= 15 is 0 Å². The number of aromatic nitrogens is 1. The molecule has 6 heteroatoms. The number of rotatable bonds is 4. The molecule has 0 saturated heterocycles. The van der Waals surface area contributed by atoms with Crippen molar-refractivity contribution in [1.82, 2.24) is 4.98 Å². The van der Waals surface area contributed by atoms with Gasteiger partial charge < -0.3 is 10.1 Å². The van der Waals surface area contributed by atoms with E-state index in [0.717, 1.165) is 0 Å². The predicted molar refractivity (Wildman–Crippen MR) is 65.5 cm³/mol. The Bertz CT molecular complexity index is 423. The first-order chi connectivity index (χ1) is 7.49. The summed E-state index contributed by atoms with van der Waals surface area (Å²) in [5.41, 5.74) is 0.546. The molecular weight excluding hydrogens is 295 g/mol. The summed E-state index contributed by atoms with van der Waals surface area (Å²) in [7, 11) is 0. The molecule has 1 amide bonds. The number of halogens is 2. The quantitative estimate of drug-likeness (QED) is 0.870. The maximum absolute atomic E-state index is 11.4. The van der Waals surface area contributed by atoms with Crippen molar-refractivity contribution in [2.45, 2.75) is 19.8 Å². The average molecular weight is 306 g/mol. The minimum absolute atomic E-state index is 0.00874. The zero-order valence-electron chi connectivity index (χ0n) is 8.59. The van der Waals surface area contributed by atoms with Crippen LogP contribution >= 0.6 is 27.5 Å². The van der Waals surface area contributed by atoms with Crippen molar-refractivity contribution in [3.05, 3.63) is 21.9 Å². The molecule has 86 valence electrons. The van der Waals surface area contributed by atoms with E-state index in [-0.39, 0.29) is 24.5 Å². The van der Waals surface area contributed by atoms with Crippen molar-refractivity contribution in [3.8, 4) is 0 Å². The van der Waals surface area contributed by atoms with Gasteiger partial charge in [-0.15, -0.1) is 0 Å². The van der Waals surface area contributed by atoms with E-state index in [1.54, 1.807) is 6.07 Å². The van der Waals surface area contributed by atoms with Gasteiger partial charge in [-0.25, -0.2) is 4.98 Å². The zero-order chi connectivity index (χ0) is 12.1. The van der Waals surface area contributed by atoms with Crippen LogP contribution in [0, 0.1) is 0 Å². The predicted octanol–water partition coefficient (Wildman–Crippen LogP) is 2.81. The summed E-state index contributed by atoms with van der Waals surface area (Å²) >= 11 is 8.90. The smallest absolute Gasteiger partial charge is 0.224 e. The van der Waals surface area contributed by atoms with E-state index in [0.29, 0.717) is 15.3 Å². The Labute approximate surface area is 107 Å². The molecular formula is C10H10BrClN2O2. The first-order valence-electron chi connectivity index (χ1n) is 4.59. The van der Waals surface area contributed by atoms with Gasteiger partial charge in [-0.1, -0.05) is 11.6 Å². The fraction of sp³-hybridized carbons (Fsp3) is 0.300. The summed E-state index contributed by atoms with van der Waals surface area (Å²) < 4.78 is 0.610. The molecule has 16 heavy (non-hydrogen) atoms. The Kier molecular flexibility index (Phi) is 4.89. The highest BCUT2D eigenvalue weighted by Crippen LogP contribution is 2.22. The fourth-order valence-electron chi connectivity index (χ4n) is 1.00. The van der Waals surface area contributed by atoms with Crippen LogP contribution in [-0.4, -0.2) is 16.7 Å². The summed E-state index contributed by atoms with van der Waals surface area (Å²) in [5.74, 6) is -0.225. The second kappa shape index (κ2) is 5.96. The highest BCUT2D eigenvalue weighted by molar-refractivity contribution is 9.10. The first kappa shape index (κ1) is 13.1. The molecule has 0 spiro atoms. The highest BCUT2D eigenvalue weighted by Gasteiger charge is 2.06. The van der Waals surface area contributed by atoms with Crippen LogP contribution in [0.5, 0.6) is 0 Å². The topological polar surface area (TPSA) is 59.1 Å². The van der Waals surface area contributed by atoms with Crippen molar-refractivity contribution < 1.29 is 9.59 Å². The number of hydrogen-bond donors (Lipinski definition) is 1. The van der Waals surface area contributed by atoms with Gasteiger partial charge in [0.05, 0.1) is 16.4 Å². The minimum Gasteiger partial charge on any atom is -0.325 e. The minimum atomic E-state index is -0.216.